The summed E-state index contributed by atoms with van der Waals surface area (Å²) in [6.45, 7) is 15.4. The maximum Gasteiger partial charge on any atom is 0.469 e. The second kappa shape index (κ2) is 8.35. The van der Waals surface area contributed by atoms with Crippen LogP contribution in [0, 0.1) is 50.7 Å². The molecule has 1 heterocycles. The van der Waals surface area contributed by atoms with Crippen molar-refractivity contribution in [3.05, 3.63) is 0 Å². The first-order chi connectivity index (χ1) is 18.4. The number of ether oxygens (including phenoxy) is 1. The maximum atomic E-state index is 15.6. The average Bonchev–Trinajstić information content (AvgIpc) is 3.02. The van der Waals surface area contributed by atoms with Crippen molar-refractivity contribution < 1.29 is 42.6 Å². The fourth-order valence-electron chi connectivity index (χ4n) is 13.0. The van der Waals surface area contributed by atoms with Gasteiger partial charge in [-0.1, -0.05) is 34.6 Å². The normalized spacial score (nSPS) is 55.5. The number of phosphoric acid groups is 1. The lowest BCUT2D eigenvalue weighted by Gasteiger charge is -2.65. The zero-order valence-electron chi connectivity index (χ0n) is 25.9. The first-order valence-corrected chi connectivity index (χ1v) is 17.2. The highest BCUT2D eigenvalue weighted by atomic mass is 31.2. The molecule has 6 fully saturated rings. The number of phosphoric ester groups is 1. The quantitative estimate of drug-likeness (QED) is 0.288. The standard InChI is InChI=1S/C31H51F2O7P/c1-17-29-12-11-26(6)22(28(8)10-9-21(39-28)25(4,5)35)18(34)16-27(26,7)20(29)15-19(40-41(36,37)38)23-24(2,3)31(32,33)14-13-30(17,23)29/h17-23,34-35H,9-16H2,1-8H3,(H2,36,37,38)/t17-,18-,19-,20-,21?,22-,23-,26+,27-,28-,29-,30?/m0/s1. The first-order valence-electron chi connectivity index (χ1n) is 15.6. The lowest BCUT2D eigenvalue weighted by Crippen LogP contribution is -2.63. The third kappa shape index (κ3) is 3.60. The molecule has 4 N–H and O–H groups in total. The molecule has 6 rings (SSSR count). The topological polar surface area (TPSA) is 116 Å². The summed E-state index contributed by atoms with van der Waals surface area (Å²) in [5, 5.41) is 22.6. The minimum atomic E-state index is -4.96. The molecule has 7 nitrogen and oxygen atoms in total. The largest absolute Gasteiger partial charge is 0.469 e. The van der Waals surface area contributed by atoms with E-state index in [1.807, 2.05) is 0 Å². The summed E-state index contributed by atoms with van der Waals surface area (Å²) in [4.78, 5) is 20.0. The van der Waals surface area contributed by atoms with Crippen LogP contribution in [0.3, 0.4) is 0 Å². The Balaban J connectivity index is 1.44. The second-order valence-corrected chi connectivity index (χ2v) is 18.0. The Morgan fingerprint density at radius 3 is 2.10 bits per heavy atom. The molecule has 2 spiro atoms. The molecule has 5 saturated carbocycles. The van der Waals surface area contributed by atoms with Crippen molar-refractivity contribution >= 4 is 7.82 Å². The predicted octanol–water partition coefficient (Wildman–Crippen LogP) is 6.07. The van der Waals surface area contributed by atoms with E-state index in [-0.39, 0.29) is 47.5 Å². The molecular weight excluding hydrogens is 553 g/mol. The van der Waals surface area contributed by atoms with Crippen LogP contribution >= 0.6 is 7.82 Å². The molecule has 0 aromatic heterocycles. The van der Waals surface area contributed by atoms with E-state index in [0.717, 1.165) is 19.3 Å². The monoisotopic (exact) mass is 604 g/mol. The minimum absolute atomic E-state index is 0.0474. The van der Waals surface area contributed by atoms with Crippen LogP contribution < -0.4 is 0 Å². The molecule has 5 aliphatic carbocycles. The molecule has 1 aliphatic heterocycles. The SMILES string of the molecule is C[C@@H]1C23CCC(F)(F)C(C)(C)[C@@H]2[C@@H](OP(=O)(O)O)C[C@@H]2[C@]13CC[C@]1(C)[C@@H]([C@]3(C)CCC(C(C)(C)O)O3)[C@@H](O)C[C@@]21C. The van der Waals surface area contributed by atoms with Crippen LogP contribution in [0.5, 0.6) is 0 Å². The van der Waals surface area contributed by atoms with Gasteiger partial charge in [0.2, 0.25) is 0 Å². The van der Waals surface area contributed by atoms with E-state index in [0.29, 0.717) is 19.3 Å². The Morgan fingerprint density at radius 1 is 0.927 bits per heavy atom. The zero-order valence-corrected chi connectivity index (χ0v) is 26.8. The Hall–Kier alpha value is -0.150. The second-order valence-electron chi connectivity index (χ2n) is 16.8. The van der Waals surface area contributed by atoms with Crippen LogP contribution in [0.1, 0.15) is 107 Å². The summed E-state index contributed by atoms with van der Waals surface area (Å²) in [6, 6.07) is 0. The van der Waals surface area contributed by atoms with Crippen LogP contribution in [0.15, 0.2) is 0 Å². The molecule has 0 amide bonds. The molecule has 0 aromatic carbocycles. The van der Waals surface area contributed by atoms with Gasteiger partial charge in [-0.3, -0.25) is 4.52 Å². The van der Waals surface area contributed by atoms with Gasteiger partial charge in [-0.2, -0.15) is 0 Å². The van der Waals surface area contributed by atoms with Crippen LogP contribution in [0.4, 0.5) is 8.78 Å². The molecular formula is C31H51F2O7P. The van der Waals surface area contributed by atoms with E-state index in [1.165, 1.54) is 0 Å². The molecule has 0 bridgehead atoms. The van der Waals surface area contributed by atoms with E-state index < -0.39 is 59.3 Å². The van der Waals surface area contributed by atoms with E-state index in [4.69, 9.17) is 9.26 Å². The highest BCUT2D eigenvalue weighted by Crippen LogP contribution is 2.92. The summed E-state index contributed by atoms with van der Waals surface area (Å²) in [7, 11) is -4.96. The summed E-state index contributed by atoms with van der Waals surface area (Å²) in [5.41, 5.74) is -4.63. The van der Waals surface area contributed by atoms with Crippen molar-refractivity contribution in [1.29, 1.82) is 0 Å². The van der Waals surface area contributed by atoms with Crippen LogP contribution in [-0.2, 0) is 13.8 Å². The summed E-state index contributed by atoms with van der Waals surface area (Å²) in [6.07, 6.45) is 1.98. The number of rotatable bonds is 4. The van der Waals surface area contributed by atoms with Gasteiger partial charge in [0.05, 0.1) is 29.5 Å². The summed E-state index contributed by atoms with van der Waals surface area (Å²) in [5.74, 6) is -3.78. The zero-order chi connectivity index (χ0) is 30.6. The van der Waals surface area contributed by atoms with Gasteiger partial charge in [0, 0.05) is 23.7 Å². The number of fused-ring (bicyclic) bond motifs is 2. The summed E-state index contributed by atoms with van der Waals surface area (Å²) >= 11 is 0. The lowest BCUT2D eigenvalue weighted by atomic mass is 9.41. The van der Waals surface area contributed by atoms with Gasteiger partial charge in [0.25, 0.3) is 5.92 Å². The third-order valence-corrected chi connectivity index (χ3v) is 15.3. The van der Waals surface area contributed by atoms with Gasteiger partial charge in [-0.25, -0.2) is 13.3 Å². The molecule has 6 aliphatic rings. The highest BCUT2D eigenvalue weighted by Gasteiger charge is 2.89. The fourth-order valence-corrected chi connectivity index (χ4v) is 13.6. The molecule has 0 aromatic rings. The summed E-state index contributed by atoms with van der Waals surface area (Å²) < 4.78 is 55.6. The van der Waals surface area contributed by atoms with Crippen LogP contribution in [-0.4, -0.2) is 55.4 Å². The van der Waals surface area contributed by atoms with Gasteiger partial charge in [-0.05, 0) is 99.2 Å². The van der Waals surface area contributed by atoms with Crippen LogP contribution in [0.25, 0.3) is 0 Å². The van der Waals surface area contributed by atoms with Crippen molar-refractivity contribution in [2.45, 2.75) is 142 Å². The molecule has 41 heavy (non-hydrogen) atoms. The molecule has 0 radical (unpaired) electrons. The first kappa shape index (κ1) is 30.9. The molecule has 12 atom stereocenters. The van der Waals surface area contributed by atoms with Gasteiger partial charge < -0.3 is 24.7 Å². The Labute approximate surface area is 243 Å². The number of aliphatic hydroxyl groups excluding tert-OH is 1. The number of hydrogen-bond acceptors (Lipinski definition) is 5. The van der Waals surface area contributed by atoms with Gasteiger partial charge in [0.1, 0.15) is 0 Å². The van der Waals surface area contributed by atoms with E-state index >= 15 is 8.78 Å². The van der Waals surface area contributed by atoms with Gasteiger partial charge in [-0.15, -0.1) is 0 Å². The average molecular weight is 605 g/mol. The lowest BCUT2D eigenvalue weighted by molar-refractivity contribution is -0.245. The van der Waals surface area contributed by atoms with Crippen molar-refractivity contribution in [1.82, 2.24) is 0 Å². The van der Waals surface area contributed by atoms with Gasteiger partial charge in [0.15, 0.2) is 0 Å². The highest BCUT2D eigenvalue weighted by molar-refractivity contribution is 7.46. The van der Waals surface area contributed by atoms with Crippen molar-refractivity contribution in [2.75, 3.05) is 0 Å². The van der Waals surface area contributed by atoms with Crippen molar-refractivity contribution in [3.8, 4) is 0 Å². The Kier molecular flexibility index (Phi) is 6.29. The minimum Gasteiger partial charge on any atom is -0.393 e. The van der Waals surface area contributed by atoms with E-state index in [1.54, 1.807) is 27.7 Å². The smallest absolute Gasteiger partial charge is 0.393 e. The third-order valence-electron chi connectivity index (χ3n) is 14.8. The molecule has 10 heteroatoms. The number of aliphatic hydroxyl groups is 2. The molecule has 236 valence electrons. The van der Waals surface area contributed by atoms with Gasteiger partial charge >= 0.3 is 7.82 Å². The van der Waals surface area contributed by atoms with Crippen LogP contribution in [0.2, 0.25) is 0 Å². The predicted molar refractivity (Wildman–Crippen MR) is 149 cm³/mol. The number of hydrogen-bond donors (Lipinski definition) is 4. The Morgan fingerprint density at radius 2 is 1.54 bits per heavy atom. The van der Waals surface area contributed by atoms with Crippen molar-refractivity contribution in [3.63, 3.8) is 0 Å². The fraction of sp³-hybridized carbons (Fsp3) is 1.00. The maximum absolute atomic E-state index is 15.6. The number of halogens is 2. The van der Waals surface area contributed by atoms with Crippen molar-refractivity contribution in [2.24, 2.45) is 50.7 Å². The Bertz CT molecular complexity index is 1170. The number of alkyl halides is 2. The van der Waals surface area contributed by atoms with E-state index in [9.17, 15) is 24.6 Å². The van der Waals surface area contributed by atoms with E-state index in [2.05, 4.69) is 27.7 Å². The molecule has 2 unspecified atom stereocenters. The molecule has 1 saturated heterocycles.